The number of hydrogen-bond donors (Lipinski definition) is 1. The fourth-order valence-electron chi connectivity index (χ4n) is 1.78. The molecule has 0 aliphatic heterocycles. The molecule has 0 radical (unpaired) electrons. The second-order valence-corrected chi connectivity index (χ2v) is 4.16. The average Bonchev–Trinajstić information content (AvgIpc) is 2.42. The quantitative estimate of drug-likeness (QED) is 0.912. The van der Waals surface area contributed by atoms with E-state index in [0.29, 0.717) is 5.82 Å². The van der Waals surface area contributed by atoms with Gasteiger partial charge in [-0.25, -0.2) is 4.79 Å². The monoisotopic (exact) mass is 257 g/mol. The highest BCUT2D eigenvalue weighted by atomic mass is 16.4. The Bertz CT molecular complexity index is 564. The summed E-state index contributed by atoms with van der Waals surface area (Å²) in [5.74, 6) is -0.436. The molecule has 1 N–H and O–H groups in total. The lowest BCUT2D eigenvalue weighted by molar-refractivity contribution is 0.0689. The van der Waals surface area contributed by atoms with Gasteiger partial charge in [0, 0.05) is 12.2 Å². The molecule has 0 spiro atoms. The van der Waals surface area contributed by atoms with Crippen LogP contribution >= 0.6 is 0 Å². The summed E-state index contributed by atoms with van der Waals surface area (Å²) in [5.41, 5.74) is 2.14. The molecule has 1 aromatic carbocycles. The van der Waals surface area contributed by atoms with Crippen molar-refractivity contribution in [2.24, 2.45) is 0 Å². The summed E-state index contributed by atoms with van der Waals surface area (Å²) in [6.45, 7) is 4.76. The number of rotatable bonds is 4. The summed E-state index contributed by atoms with van der Waals surface area (Å²) in [6.07, 6.45) is 0. The van der Waals surface area contributed by atoms with Gasteiger partial charge in [-0.2, -0.15) is 0 Å². The Labute approximate surface area is 111 Å². The van der Waals surface area contributed by atoms with Gasteiger partial charge in [-0.1, -0.05) is 17.7 Å². The number of carboxylic acids is 1. The van der Waals surface area contributed by atoms with Crippen molar-refractivity contribution < 1.29 is 9.90 Å². The molecule has 1 heterocycles. The van der Waals surface area contributed by atoms with Crippen molar-refractivity contribution in [2.75, 3.05) is 11.4 Å². The van der Waals surface area contributed by atoms with E-state index in [4.69, 9.17) is 5.11 Å². The maximum absolute atomic E-state index is 10.7. The van der Waals surface area contributed by atoms with Crippen molar-refractivity contribution >= 4 is 17.5 Å². The number of hydrogen-bond acceptors (Lipinski definition) is 4. The lowest BCUT2D eigenvalue weighted by Crippen LogP contribution is -2.18. The number of anilines is 2. The zero-order valence-electron chi connectivity index (χ0n) is 10.9. The van der Waals surface area contributed by atoms with Crippen molar-refractivity contribution in [3.63, 3.8) is 0 Å². The zero-order chi connectivity index (χ0) is 13.8. The topological polar surface area (TPSA) is 66.3 Å². The molecule has 5 nitrogen and oxygen atoms in total. The Balaban J connectivity index is 2.31. The second-order valence-electron chi connectivity index (χ2n) is 4.16. The smallest absolute Gasteiger partial charge is 0.356 e. The second kappa shape index (κ2) is 5.48. The molecule has 19 heavy (non-hydrogen) atoms. The number of carbonyl (C=O) groups is 1. The van der Waals surface area contributed by atoms with E-state index >= 15 is 0 Å². The molecular formula is C14H15N3O2. The van der Waals surface area contributed by atoms with Crippen molar-refractivity contribution in [1.82, 2.24) is 10.2 Å². The molecule has 0 aliphatic carbocycles. The Morgan fingerprint density at radius 1 is 1.16 bits per heavy atom. The van der Waals surface area contributed by atoms with E-state index in [-0.39, 0.29) is 5.69 Å². The Morgan fingerprint density at radius 2 is 1.84 bits per heavy atom. The van der Waals surface area contributed by atoms with Crippen LogP contribution in [0.2, 0.25) is 0 Å². The lowest BCUT2D eigenvalue weighted by Gasteiger charge is -2.21. The lowest BCUT2D eigenvalue weighted by atomic mass is 10.2. The highest BCUT2D eigenvalue weighted by molar-refractivity contribution is 5.85. The molecule has 0 fully saturated rings. The summed E-state index contributed by atoms with van der Waals surface area (Å²) in [4.78, 5) is 12.7. The normalized spacial score (nSPS) is 10.2. The van der Waals surface area contributed by atoms with E-state index in [1.54, 1.807) is 6.07 Å². The van der Waals surface area contributed by atoms with Gasteiger partial charge in [0.15, 0.2) is 11.5 Å². The van der Waals surface area contributed by atoms with E-state index in [2.05, 4.69) is 10.2 Å². The van der Waals surface area contributed by atoms with E-state index in [9.17, 15) is 4.79 Å². The van der Waals surface area contributed by atoms with Crippen molar-refractivity contribution in [3.05, 3.63) is 47.7 Å². The van der Waals surface area contributed by atoms with Gasteiger partial charge >= 0.3 is 5.97 Å². The third-order valence-corrected chi connectivity index (χ3v) is 2.81. The number of nitrogens with zero attached hydrogens (tertiary/aromatic N) is 3. The Kier molecular flexibility index (Phi) is 3.75. The van der Waals surface area contributed by atoms with Crippen LogP contribution in [0.15, 0.2) is 36.4 Å². The molecule has 98 valence electrons. The van der Waals surface area contributed by atoms with Crippen LogP contribution in [-0.4, -0.2) is 27.8 Å². The van der Waals surface area contributed by atoms with Crippen LogP contribution in [-0.2, 0) is 0 Å². The highest BCUT2D eigenvalue weighted by Crippen LogP contribution is 2.22. The molecule has 0 unspecified atom stereocenters. The minimum Gasteiger partial charge on any atom is -0.476 e. The van der Waals surface area contributed by atoms with Gasteiger partial charge in [0.05, 0.1) is 0 Å². The molecule has 0 saturated carbocycles. The number of aryl methyl sites for hydroxylation is 1. The largest absolute Gasteiger partial charge is 0.476 e. The fraction of sp³-hybridized carbons (Fsp3) is 0.214. The molecule has 0 atom stereocenters. The zero-order valence-corrected chi connectivity index (χ0v) is 10.9. The number of aromatic nitrogens is 2. The molecule has 0 saturated heterocycles. The molecule has 5 heteroatoms. The van der Waals surface area contributed by atoms with E-state index in [1.165, 1.54) is 11.6 Å². The van der Waals surface area contributed by atoms with Gasteiger partial charge < -0.3 is 10.0 Å². The molecule has 0 aliphatic rings. The van der Waals surface area contributed by atoms with Gasteiger partial charge in [-0.05, 0) is 38.1 Å². The molecule has 2 aromatic rings. The number of benzene rings is 1. The number of aromatic carboxylic acids is 1. The third-order valence-electron chi connectivity index (χ3n) is 2.81. The average molecular weight is 257 g/mol. The Morgan fingerprint density at radius 3 is 2.32 bits per heavy atom. The molecule has 0 bridgehead atoms. The molecule has 0 amide bonds. The van der Waals surface area contributed by atoms with Gasteiger partial charge in [-0.3, -0.25) is 0 Å². The van der Waals surface area contributed by atoms with E-state index in [1.807, 2.05) is 43.0 Å². The highest BCUT2D eigenvalue weighted by Gasteiger charge is 2.11. The molecule has 1 aromatic heterocycles. The van der Waals surface area contributed by atoms with Crippen LogP contribution < -0.4 is 4.90 Å². The van der Waals surface area contributed by atoms with Crippen LogP contribution in [0, 0.1) is 6.92 Å². The van der Waals surface area contributed by atoms with Gasteiger partial charge in [-0.15, -0.1) is 10.2 Å². The summed E-state index contributed by atoms with van der Waals surface area (Å²) in [7, 11) is 0. The van der Waals surface area contributed by atoms with Gasteiger partial charge in [0.2, 0.25) is 0 Å². The third kappa shape index (κ3) is 2.88. The fourth-order valence-corrected chi connectivity index (χ4v) is 1.78. The van der Waals surface area contributed by atoms with Crippen LogP contribution in [0.5, 0.6) is 0 Å². The molecular weight excluding hydrogens is 242 g/mol. The van der Waals surface area contributed by atoms with Gasteiger partial charge in [0.25, 0.3) is 0 Å². The van der Waals surface area contributed by atoms with Crippen molar-refractivity contribution in [3.8, 4) is 0 Å². The maximum Gasteiger partial charge on any atom is 0.356 e. The minimum atomic E-state index is -1.07. The summed E-state index contributed by atoms with van der Waals surface area (Å²) >= 11 is 0. The van der Waals surface area contributed by atoms with Crippen LogP contribution in [0.1, 0.15) is 23.0 Å². The van der Waals surface area contributed by atoms with Crippen LogP contribution in [0.3, 0.4) is 0 Å². The first-order valence-electron chi connectivity index (χ1n) is 6.03. The summed E-state index contributed by atoms with van der Waals surface area (Å²) < 4.78 is 0. The Hall–Kier alpha value is -2.43. The maximum atomic E-state index is 10.7. The molecule has 2 rings (SSSR count). The predicted octanol–water partition coefficient (Wildman–Crippen LogP) is 2.64. The minimum absolute atomic E-state index is 0.0521. The first-order valence-corrected chi connectivity index (χ1v) is 6.03. The summed E-state index contributed by atoms with van der Waals surface area (Å²) in [6, 6.07) is 11.2. The first-order chi connectivity index (χ1) is 9.11. The first kappa shape index (κ1) is 13.0. The SMILES string of the molecule is CCN(c1ccc(C)cc1)c1ccc(C(=O)O)nn1. The summed E-state index contributed by atoms with van der Waals surface area (Å²) in [5, 5.41) is 16.5. The van der Waals surface area contributed by atoms with E-state index < -0.39 is 5.97 Å². The number of carboxylic acid groups (broad SMARTS) is 1. The van der Waals surface area contributed by atoms with Gasteiger partial charge in [0.1, 0.15) is 0 Å². The van der Waals surface area contributed by atoms with E-state index in [0.717, 1.165) is 12.2 Å². The van der Waals surface area contributed by atoms with Crippen LogP contribution in [0.4, 0.5) is 11.5 Å². The standard InChI is InChI=1S/C14H15N3O2/c1-3-17(11-6-4-10(2)5-7-11)13-9-8-12(14(18)19)15-16-13/h4-9H,3H2,1-2H3,(H,18,19). The predicted molar refractivity (Wildman–Crippen MR) is 72.9 cm³/mol. The van der Waals surface area contributed by atoms with Crippen molar-refractivity contribution in [1.29, 1.82) is 0 Å². The van der Waals surface area contributed by atoms with Crippen molar-refractivity contribution in [2.45, 2.75) is 13.8 Å². The van der Waals surface area contributed by atoms with Crippen LogP contribution in [0.25, 0.3) is 0 Å².